The highest BCUT2D eigenvalue weighted by molar-refractivity contribution is 5.70. The number of nitrogens with zero attached hydrogens (tertiary/aromatic N) is 3. The second kappa shape index (κ2) is 30.2. The highest BCUT2D eigenvalue weighted by Gasteiger charge is 2.26. The van der Waals surface area contributed by atoms with Crippen molar-refractivity contribution < 1.29 is 47.6 Å². The topological polar surface area (TPSA) is 145 Å². The van der Waals surface area contributed by atoms with Crippen LogP contribution in [-0.4, -0.2) is 97.0 Å². The first-order chi connectivity index (χ1) is 26.7. The van der Waals surface area contributed by atoms with E-state index >= 15 is 0 Å². The van der Waals surface area contributed by atoms with Gasteiger partial charge in [0.05, 0.1) is 19.2 Å². The van der Waals surface area contributed by atoms with Gasteiger partial charge in [0, 0.05) is 44.0 Å². The summed E-state index contributed by atoms with van der Waals surface area (Å²) < 4.78 is 35.2. The number of esters is 2. The van der Waals surface area contributed by atoms with E-state index in [1.807, 2.05) is 29.5 Å². The number of carbonyl (C=O) groups excluding carboxylic acids is 4. The summed E-state index contributed by atoms with van der Waals surface area (Å²) in [7, 11) is 0. The summed E-state index contributed by atoms with van der Waals surface area (Å²) in [5, 5.41) is 0. The predicted octanol–water partition coefficient (Wildman–Crippen LogP) is 8.65. The van der Waals surface area contributed by atoms with Crippen LogP contribution < -0.4 is 0 Å². The van der Waals surface area contributed by atoms with Gasteiger partial charge in [0.1, 0.15) is 38.6 Å². The van der Waals surface area contributed by atoms with Gasteiger partial charge in [-0.2, -0.15) is 0 Å². The molecule has 2 rings (SSSR count). The zero-order valence-electron chi connectivity index (χ0n) is 34.0. The summed E-state index contributed by atoms with van der Waals surface area (Å²) in [6.07, 6.45) is 15.6. The smallest absolute Gasteiger partial charge is 0.462 e. The Kier molecular flexibility index (Phi) is 25.9. The number of carbonyl (C=O) groups is 4. The van der Waals surface area contributed by atoms with Crippen molar-refractivity contribution in [1.29, 1.82) is 0 Å². The molecule has 0 aliphatic carbocycles. The second-order valence-corrected chi connectivity index (χ2v) is 14.0. The molecule has 13 heteroatoms. The quantitative estimate of drug-likeness (QED) is 0.0647. The molecule has 2 heterocycles. The van der Waals surface area contributed by atoms with Crippen LogP contribution in [0.3, 0.4) is 0 Å². The van der Waals surface area contributed by atoms with Crippen molar-refractivity contribution in [3.8, 4) is 0 Å². The molecular weight excluding hydrogens is 706 g/mol. The number of unbranched alkanes of at least 4 members (excludes halogenated alkanes) is 8. The van der Waals surface area contributed by atoms with Gasteiger partial charge in [-0.05, 0) is 57.6 Å². The summed E-state index contributed by atoms with van der Waals surface area (Å²) >= 11 is 0. The first kappa shape index (κ1) is 47.1. The van der Waals surface area contributed by atoms with Gasteiger partial charge in [-0.15, -0.1) is 0 Å². The minimum absolute atomic E-state index is 0.0889. The van der Waals surface area contributed by atoms with E-state index in [9.17, 15) is 19.2 Å². The molecule has 0 aromatic carbocycles. The van der Waals surface area contributed by atoms with E-state index in [2.05, 4.69) is 30.3 Å². The molecule has 310 valence electrons. The third-order valence-corrected chi connectivity index (χ3v) is 9.35. The molecule has 1 aromatic heterocycles. The number of hydrogen-bond donors (Lipinski definition) is 0. The van der Waals surface area contributed by atoms with E-state index in [-0.39, 0.29) is 45.7 Å². The molecule has 1 aliphatic heterocycles. The molecule has 0 amide bonds. The monoisotopic (exact) mass is 773 g/mol. The number of allylic oxidation sites excluding steroid dienone is 1. The lowest BCUT2D eigenvalue weighted by Crippen LogP contribution is -2.31. The maximum Gasteiger partial charge on any atom is 0.509 e. The molecule has 13 nitrogen and oxygen atoms in total. The highest BCUT2D eigenvalue weighted by atomic mass is 16.7. The fraction of sp³-hybridized carbons (Fsp3) is 0.738. The lowest BCUT2D eigenvalue weighted by Gasteiger charge is -2.23. The van der Waals surface area contributed by atoms with Gasteiger partial charge in [0.2, 0.25) is 0 Å². The van der Waals surface area contributed by atoms with Crippen LogP contribution in [0.1, 0.15) is 137 Å². The van der Waals surface area contributed by atoms with Gasteiger partial charge >= 0.3 is 24.2 Å². The van der Waals surface area contributed by atoms with Gasteiger partial charge in [0.25, 0.3) is 0 Å². The number of cyclic esters (lactones) is 6. The Morgan fingerprint density at radius 3 is 1.89 bits per heavy atom. The Morgan fingerprint density at radius 2 is 1.31 bits per heavy atom. The molecule has 0 bridgehead atoms. The minimum atomic E-state index is -0.881. The van der Waals surface area contributed by atoms with Crippen LogP contribution in [0.15, 0.2) is 41.3 Å². The number of aryl methyl sites for hydroxylation is 1. The fourth-order valence-electron chi connectivity index (χ4n) is 5.96. The summed E-state index contributed by atoms with van der Waals surface area (Å²) in [6.45, 7) is 9.80. The summed E-state index contributed by atoms with van der Waals surface area (Å²) in [5.74, 6) is -0.888. The molecule has 55 heavy (non-hydrogen) atoms. The predicted molar refractivity (Wildman–Crippen MR) is 208 cm³/mol. The maximum atomic E-state index is 13.1. The standard InChI is InChI=1S/C42H67N3O10/c1-5-8-10-12-14-17-37-33-36(20-19-35(4)7-3)38(18-15-13-11-9-6-2)55-42(49)53-32-30-51-40(47)22-27-44(24-16-25-45-28-23-43-34-45)26-21-39(46)50-29-31-52-41(48)54-37/h23,28,34,37-38H,5-18,21-22,24-27,29-33H2,1-4H3. The van der Waals surface area contributed by atoms with Crippen molar-refractivity contribution in [1.82, 2.24) is 14.5 Å². The minimum Gasteiger partial charge on any atom is -0.462 e. The van der Waals surface area contributed by atoms with Gasteiger partial charge in [-0.25, -0.2) is 14.6 Å². The van der Waals surface area contributed by atoms with Crippen molar-refractivity contribution in [2.45, 2.75) is 156 Å². The second-order valence-electron chi connectivity index (χ2n) is 14.0. The molecule has 0 radical (unpaired) electrons. The number of aromatic nitrogens is 2. The third-order valence-electron chi connectivity index (χ3n) is 9.35. The van der Waals surface area contributed by atoms with Crippen LogP contribution in [-0.2, 0) is 44.6 Å². The fourth-order valence-corrected chi connectivity index (χ4v) is 5.96. The normalized spacial score (nSPS) is 19.1. The first-order valence-electron chi connectivity index (χ1n) is 20.6. The van der Waals surface area contributed by atoms with Gasteiger partial charge in [-0.1, -0.05) is 83.6 Å². The first-order valence-corrected chi connectivity index (χ1v) is 20.6. The third kappa shape index (κ3) is 23.5. The zero-order valence-corrected chi connectivity index (χ0v) is 34.0. The molecule has 0 spiro atoms. The summed E-state index contributed by atoms with van der Waals surface area (Å²) in [4.78, 5) is 57.4. The van der Waals surface area contributed by atoms with E-state index < -0.39 is 36.5 Å². The lowest BCUT2D eigenvalue weighted by molar-refractivity contribution is -0.145. The molecule has 1 aromatic rings. The average molecular weight is 774 g/mol. The molecule has 0 saturated carbocycles. The van der Waals surface area contributed by atoms with Gasteiger partial charge < -0.3 is 37.9 Å². The largest absolute Gasteiger partial charge is 0.509 e. The molecule has 1 saturated heterocycles. The number of ether oxygens (including phenoxy) is 6. The summed E-state index contributed by atoms with van der Waals surface area (Å²) in [6, 6.07) is 0. The van der Waals surface area contributed by atoms with Crippen molar-refractivity contribution in [2.75, 3.05) is 46.1 Å². The lowest BCUT2D eigenvalue weighted by atomic mass is 9.95. The number of rotatable bonds is 17. The molecular formula is C42H67N3O10. The molecule has 1 fully saturated rings. The van der Waals surface area contributed by atoms with E-state index in [0.717, 1.165) is 89.2 Å². The molecule has 2 atom stereocenters. The Hall–Kier alpha value is -4.05. The molecule has 0 N–H and O–H groups in total. The number of imidazole rings is 1. The van der Waals surface area contributed by atoms with Crippen molar-refractivity contribution in [3.05, 3.63) is 41.3 Å². The summed E-state index contributed by atoms with van der Waals surface area (Å²) in [5.41, 5.74) is 8.09. The van der Waals surface area contributed by atoms with E-state index in [0.29, 0.717) is 38.0 Å². The van der Waals surface area contributed by atoms with E-state index in [1.54, 1.807) is 12.5 Å². The number of hydrogen-bond acceptors (Lipinski definition) is 12. The van der Waals surface area contributed by atoms with Gasteiger partial charge in [-0.3, -0.25) is 9.59 Å². The van der Waals surface area contributed by atoms with E-state index in [4.69, 9.17) is 28.4 Å². The van der Waals surface area contributed by atoms with Crippen LogP contribution >= 0.6 is 0 Å². The Bertz CT molecular complexity index is 1330. The molecule has 2 unspecified atom stereocenters. The van der Waals surface area contributed by atoms with Crippen molar-refractivity contribution >= 4 is 24.2 Å². The van der Waals surface area contributed by atoms with Crippen LogP contribution in [0.4, 0.5) is 9.59 Å². The molecule has 1 aliphatic rings. The van der Waals surface area contributed by atoms with Crippen LogP contribution in [0.2, 0.25) is 0 Å². The Balaban J connectivity index is 2.27. The zero-order chi connectivity index (χ0) is 39.9. The van der Waals surface area contributed by atoms with E-state index in [1.165, 1.54) is 0 Å². The van der Waals surface area contributed by atoms with Crippen LogP contribution in [0.5, 0.6) is 0 Å². The highest BCUT2D eigenvalue weighted by Crippen LogP contribution is 2.24. The van der Waals surface area contributed by atoms with Gasteiger partial charge in [0.15, 0.2) is 0 Å². The van der Waals surface area contributed by atoms with Crippen LogP contribution in [0, 0.1) is 0 Å². The van der Waals surface area contributed by atoms with Crippen molar-refractivity contribution in [2.24, 2.45) is 0 Å². The Morgan fingerprint density at radius 1 is 0.727 bits per heavy atom. The SMILES string of the molecule is CCCCCCCC1CC(=C=C=C(C)CC)C(CCCCCCC)OC(=O)OCCOC(=O)CCN(CCCn2ccnc2)CCC(=O)OCCOC(=O)O1. The van der Waals surface area contributed by atoms with Crippen molar-refractivity contribution in [3.63, 3.8) is 0 Å². The van der Waals surface area contributed by atoms with Crippen LogP contribution in [0.25, 0.3) is 0 Å². The average Bonchev–Trinajstić information content (AvgIpc) is 3.70. The maximum absolute atomic E-state index is 13.1. The Labute approximate surface area is 328 Å².